The molecule has 2 atom stereocenters. The number of hydrogen-bond acceptors (Lipinski definition) is 4. The van der Waals surface area contributed by atoms with Gasteiger partial charge in [-0.3, -0.25) is 4.79 Å². The number of piperazine rings is 1. The van der Waals surface area contributed by atoms with E-state index < -0.39 is 17.2 Å². The molecule has 2 saturated heterocycles. The topological polar surface area (TPSA) is 41.6 Å². The molecule has 1 N–H and O–H groups in total. The molecule has 2 aliphatic heterocycles. The smallest absolute Gasteiger partial charge is 0.327 e. The number of carbonyl (C=O) groups is 1. The van der Waals surface area contributed by atoms with Gasteiger partial charge < -0.3 is 10.1 Å². The summed E-state index contributed by atoms with van der Waals surface area (Å²) in [6.07, 6.45) is 0. The molecule has 202 valence electrons. The summed E-state index contributed by atoms with van der Waals surface area (Å²) >= 11 is 0. The lowest BCUT2D eigenvalue weighted by Crippen LogP contribution is -2.68. The first-order chi connectivity index (χ1) is 20.3. The highest BCUT2D eigenvalue weighted by molar-refractivity contribution is 5.80. The average molecular weight is 537 g/mol. The maximum atomic E-state index is 13.9. The van der Waals surface area contributed by atoms with E-state index >= 15 is 0 Å². The molecular weight excluding hydrogens is 504 g/mol. The Kier molecular flexibility index (Phi) is 6.50. The predicted molar refractivity (Wildman–Crippen MR) is 161 cm³/mol. The highest BCUT2D eigenvalue weighted by Crippen LogP contribution is 2.53. The number of cyclic esters (lactones) is 1. The summed E-state index contributed by atoms with van der Waals surface area (Å²) < 4.78 is 6.65. The second kappa shape index (κ2) is 10.5. The first-order valence-electron chi connectivity index (χ1n) is 14.3. The number of esters is 1. The molecule has 0 bridgehead atoms. The van der Waals surface area contributed by atoms with Crippen LogP contribution in [0.1, 0.15) is 27.8 Å². The molecule has 4 nitrogen and oxygen atoms in total. The lowest BCUT2D eigenvalue weighted by atomic mass is 9.63. The van der Waals surface area contributed by atoms with Crippen molar-refractivity contribution in [2.45, 2.75) is 23.2 Å². The summed E-state index contributed by atoms with van der Waals surface area (Å²) in [6.45, 7) is 1.18. The number of ether oxygens (including phenoxy) is 1. The molecule has 0 aromatic heterocycles. The SMILES string of the molecule is O=C1OC(c2ccccc2)(c2ccccc2)N2C1CNCC2C(c1ccccc1)(c1ccccc1)c1ccccc1. The van der Waals surface area contributed by atoms with Crippen molar-refractivity contribution >= 4 is 5.97 Å². The zero-order valence-electron chi connectivity index (χ0n) is 22.8. The summed E-state index contributed by atoms with van der Waals surface area (Å²) in [5.41, 5.74) is 3.66. The molecule has 0 radical (unpaired) electrons. The number of nitrogens with one attached hydrogen (secondary N) is 1. The van der Waals surface area contributed by atoms with Gasteiger partial charge in [-0.1, -0.05) is 152 Å². The lowest BCUT2D eigenvalue weighted by molar-refractivity contribution is -0.151. The summed E-state index contributed by atoms with van der Waals surface area (Å²) in [7, 11) is 0. The van der Waals surface area contributed by atoms with E-state index in [4.69, 9.17) is 4.74 Å². The summed E-state index contributed by atoms with van der Waals surface area (Å²) in [4.78, 5) is 16.3. The van der Waals surface area contributed by atoms with Crippen molar-refractivity contribution in [1.82, 2.24) is 10.2 Å². The van der Waals surface area contributed by atoms with Gasteiger partial charge in [0.25, 0.3) is 0 Å². The van der Waals surface area contributed by atoms with Crippen LogP contribution in [0.15, 0.2) is 152 Å². The van der Waals surface area contributed by atoms with E-state index in [2.05, 4.69) is 125 Å². The highest BCUT2D eigenvalue weighted by Gasteiger charge is 2.63. The minimum absolute atomic E-state index is 0.194. The molecule has 7 rings (SSSR count). The summed E-state index contributed by atoms with van der Waals surface area (Å²) in [5, 5.41) is 3.65. The molecular formula is C37H32N2O2. The van der Waals surface area contributed by atoms with Crippen LogP contribution in [-0.4, -0.2) is 36.0 Å². The van der Waals surface area contributed by atoms with Crippen molar-refractivity contribution in [3.05, 3.63) is 179 Å². The first kappa shape index (κ1) is 25.5. The molecule has 2 aliphatic rings. The molecule has 2 fully saturated rings. The Morgan fingerprint density at radius 1 is 0.585 bits per heavy atom. The molecule has 2 heterocycles. The van der Waals surface area contributed by atoms with Gasteiger partial charge in [0.1, 0.15) is 6.04 Å². The standard InChI is InChI=1S/C37H32N2O2/c40-35-33-26-38-27-34(39(33)37(41-35,31-22-12-4-13-23-31)32-24-14-5-15-25-32)36(28-16-6-1-7-17-28,29-18-8-2-9-19-29)30-20-10-3-11-21-30/h1-25,33-34,38H,26-27H2. The lowest BCUT2D eigenvalue weighted by Gasteiger charge is -2.53. The normalized spacial score (nSPS) is 20.2. The highest BCUT2D eigenvalue weighted by atomic mass is 16.6. The zero-order valence-corrected chi connectivity index (χ0v) is 22.8. The molecule has 2 unspecified atom stereocenters. The number of rotatable bonds is 6. The summed E-state index contributed by atoms with van der Waals surface area (Å²) in [6, 6.07) is 51.9. The fourth-order valence-electron chi connectivity index (χ4n) is 7.13. The van der Waals surface area contributed by atoms with Crippen molar-refractivity contribution in [1.29, 1.82) is 0 Å². The monoisotopic (exact) mass is 536 g/mol. The molecule has 0 saturated carbocycles. The van der Waals surface area contributed by atoms with Gasteiger partial charge >= 0.3 is 5.97 Å². The quantitative estimate of drug-likeness (QED) is 0.210. The third-order valence-electron chi connectivity index (χ3n) is 8.75. The van der Waals surface area contributed by atoms with Crippen molar-refractivity contribution in [2.24, 2.45) is 0 Å². The molecule has 0 spiro atoms. The van der Waals surface area contributed by atoms with Gasteiger partial charge in [0, 0.05) is 30.3 Å². The third kappa shape index (κ3) is 3.94. The number of benzene rings is 5. The average Bonchev–Trinajstić information content (AvgIpc) is 3.37. The minimum Gasteiger partial charge on any atom is -0.434 e. The van der Waals surface area contributed by atoms with Crippen LogP contribution in [0, 0.1) is 0 Å². The van der Waals surface area contributed by atoms with E-state index in [-0.39, 0.29) is 12.0 Å². The van der Waals surface area contributed by atoms with E-state index in [0.717, 1.165) is 11.1 Å². The fraction of sp³-hybridized carbons (Fsp3) is 0.162. The Balaban J connectivity index is 1.58. The summed E-state index contributed by atoms with van der Waals surface area (Å²) in [5.74, 6) is -0.210. The second-order valence-electron chi connectivity index (χ2n) is 10.8. The van der Waals surface area contributed by atoms with E-state index in [1.807, 2.05) is 36.4 Å². The molecule has 5 aromatic carbocycles. The van der Waals surface area contributed by atoms with E-state index in [0.29, 0.717) is 13.1 Å². The van der Waals surface area contributed by atoms with Crippen LogP contribution in [0.4, 0.5) is 0 Å². The van der Waals surface area contributed by atoms with Crippen LogP contribution in [0.25, 0.3) is 0 Å². The fourth-order valence-corrected chi connectivity index (χ4v) is 7.13. The molecule has 0 aliphatic carbocycles. The van der Waals surface area contributed by atoms with Crippen LogP contribution in [0.5, 0.6) is 0 Å². The van der Waals surface area contributed by atoms with E-state index in [1.54, 1.807) is 0 Å². The van der Waals surface area contributed by atoms with Crippen molar-refractivity contribution in [2.75, 3.05) is 13.1 Å². The van der Waals surface area contributed by atoms with Crippen LogP contribution < -0.4 is 5.32 Å². The molecule has 0 amide bonds. The van der Waals surface area contributed by atoms with E-state index in [9.17, 15) is 4.79 Å². The van der Waals surface area contributed by atoms with Crippen molar-refractivity contribution in [3.8, 4) is 0 Å². The van der Waals surface area contributed by atoms with Gasteiger partial charge in [-0.05, 0) is 16.7 Å². The van der Waals surface area contributed by atoms with Crippen LogP contribution in [0.2, 0.25) is 0 Å². The predicted octanol–water partition coefficient (Wildman–Crippen LogP) is 6.12. The van der Waals surface area contributed by atoms with Crippen molar-refractivity contribution in [3.63, 3.8) is 0 Å². The van der Waals surface area contributed by atoms with Crippen LogP contribution in [0.3, 0.4) is 0 Å². The Hall–Kier alpha value is -4.51. The Bertz CT molecular complexity index is 1470. The maximum absolute atomic E-state index is 13.9. The second-order valence-corrected chi connectivity index (χ2v) is 10.8. The Morgan fingerprint density at radius 3 is 1.39 bits per heavy atom. The van der Waals surface area contributed by atoms with Gasteiger partial charge in [-0.15, -0.1) is 0 Å². The minimum atomic E-state index is -1.10. The number of carbonyl (C=O) groups excluding carboxylic acids is 1. The number of nitrogens with zero attached hydrogens (tertiary/aromatic N) is 1. The Morgan fingerprint density at radius 2 is 0.976 bits per heavy atom. The molecule has 5 aromatic rings. The van der Waals surface area contributed by atoms with Gasteiger partial charge in [0.15, 0.2) is 0 Å². The number of fused-ring (bicyclic) bond motifs is 1. The number of hydrogen-bond donors (Lipinski definition) is 1. The molecule has 41 heavy (non-hydrogen) atoms. The molecule has 4 heteroatoms. The van der Waals surface area contributed by atoms with Gasteiger partial charge in [0.05, 0.1) is 5.41 Å². The first-order valence-corrected chi connectivity index (χ1v) is 14.3. The van der Waals surface area contributed by atoms with Crippen LogP contribution in [-0.2, 0) is 20.7 Å². The van der Waals surface area contributed by atoms with Gasteiger partial charge in [-0.25, -0.2) is 4.90 Å². The van der Waals surface area contributed by atoms with Gasteiger partial charge in [0.2, 0.25) is 5.72 Å². The van der Waals surface area contributed by atoms with Crippen molar-refractivity contribution < 1.29 is 9.53 Å². The maximum Gasteiger partial charge on any atom is 0.327 e. The van der Waals surface area contributed by atoms with Gasteiger partial charge in [-0.2, -0.15) is 0 Å². The van der Waals surface area contributed by atoms with E-state index in [1.165, 1.54) is 16.7 Å². The zero-order chi connectivity index (χ0) is 27.7. The largest absolute Gasteiger partial charge is 0.434 e. The Labute approximate surface area is 241 Å². The third-order valence-corrected chi connectivity index (χ3v) is 8.75. The van der Waals surface area contributed by atoms with Crippen LogP contribution >= 0.6 is 0 Å².